The molecule has 1 fully saturated rings. The van der Waals surface area contributed by atoms with E-state index in [1.54, 1.807) is 23.0 Å². The van der Waals surface area contributed by atoms with Crippen LogP contribution in [0, 0.1) is 5.82 Å². The summed E-state index contributed by atoms with van der Waals surface area (Å²) in [7, 11) is 0. The van der Waals surface area contributed by atoms with Crippen molar-refractivity contribution in [1.82, 2.24) is 30.6 Å². The Balaban J connectivity index is 1.29. The van der Waals surface area contributed by atoms with Crippen LogP contribution in [0.25, 0.3) is 11.5 Å². The van der Waals surface area contributed by atoms with Crippen molar-refractivity contribution in [3.05, 3.63) is 53.9 Å². The number of amides is 1. The molecule has 3 heterocycles. The van der Waals surface area contributed by atoms with E-state index in [-0.39, 0.29) is 17.8 Å². The Labute approximate surface area is 161 Å². The van der Waals surface area contributed by atoms with Gasteiger partial charge in [-0.2, -0.15) is 0 Å². The molecule has 2 N–H and O–H groups in total. The predicted octanol–water partition coefficient (Wildman–Crippen LogP) is 1.97. The molecule has 0 spiro atoms. The van der Waals surface area contributed by atoms with Crippen molar-refractivity contribution in [2.45, 2.75) is 25.3 Å². The van der Waals surface area contributed by atoms with Crippen LogP contribution < -0.4 is 10.6 Å². The normalized spacial score (nSPS) is 14.9. The van der Waals surface area contributed by atoms with Gasteiger partial charge in [-0.05, 0) is 50.2 Å². The molecule has 1 aliphatic heterocycles. The first-order chi connectivity index (χ1) is 13.7. The molecule has 1 aromatic carbocycles. The molecule has 0 atom stereocenters. The largest absolute Gasteiger partial charge is 0.444 e. The zero-order chi connectivity index (χ0) is 19.3. The second kappa shape index (κ2) is 8.30. The van der Waals surface area contributed by atoms with Crippen LogP contribution in [0.1, 0.15) is 35.1 Å². The first-order valence-corrected chi connectivity index (χ1v) is 9.30. The van der Waals surface area contributed by atoms with Crippen molar-refractivity contribution in [3.8, 4) is 11.5 Å². The first kappa shape index (κ1) is 18.3. The Morgan fingerprint density at radius 2 is 2.07 bits per heavy atom. The minimum atomic E-state index is -0.310. The predicted molar refractivity (Wildman–Crippen MR) is 99.1 cm³/mol. The fraction of sp³-hybridized carbons (Fsp3) is 0.368. The van der Waals surface area contributed by atoms with Gasteiger partial charge in [-0.1, -0.05) is 5.21 Å². The van der Waals surface area contributed by atoms with Crippen LogP contribution in [0.3, 0.4) is 0 Å². The summed E-state index contributed by atoms with van der Waals surface area (Å²) in [6, 6.07) is 6.22. The highest BCUT2D eigenvalue weighted by atomic mass is 19.1. The molecule has 9 heteroatoms. The lowest BCUT2D eigenvalue weighted by molar-refractivity contribution is 0.0949. The quantitative estimate of drug-likeness (QED) is 0.674. The maximum atomic E-state index is 13.0. The van der Waals surface area contributed by atoms with Gasteiger partial charge < -0.3 is 15.1 Å². The molecular weight excluding hydrogens is 363 g/mol. The van der Waals surface area contributed by atoms with Crippen LogP contribution >= 0.6 is 0 Å². The number of hydrogen-bond donors (Lipinski definition) is 2. The van der Waals surface area contributed by atoms with E-state index >= 15 is 0 Å². The van der Waals surface area contributed by atoms with Crippen LogP contribution in [-0.4, -0.2) is 45.5 Å². The van der Waals surface area contributed by atoms with E-state index in [1.165, 1.54) is 18.4 Å². The standard InChI is InChI=1S/C19H21FN6O2/c20-14-3-1-13(2-4-14)19-23-15(12-28-19)5-10-22-18(27)17-11-26(25-24-17)16-6-8-21-9-7-16/h1-4,11-12,16,21H,5-10H2,(H,22,27). The fourth-order valence-electron chi connectivity index (χ4n) is 3.17. The van der Waals surface area contributed by atoms with Crippen molar-refractivity contribution in [2.24, 2.45) is 0 Å². The molecule has 0 aliphatic carbocycles. The van der Waals surface area contributed by atoms with Gasteiger partial charge in [-0.25, -0.2) is 14.1 Å². The van der Waals surface area contributed by atoms with Crippen molar-refractivity contribution in [3.63, 3.8) is 0 Å². The summed E-state index contributed by atoms with van der Waals surface area (Å²) in [4.78, 5) is 16.6. The summed E-state index contributed by atoms with van der Waals surface area (Å²) in [6.07, 6.45) is 5.71. The van der Waals surface area contributed by atoms with Gasteiger partial charge in [-0.3, -0.25) is 4.79 Å². The molecule has 8 nitrogen and oxygen atoms in total. The van der Waals surface area contributed by atoms with Crippen molar-refractivity contribution >= 4 is 5.91 Å². The fourth-order valence-corrected chi connectivity index (χ4v) is 3.17. The highest BCUT2D eigenvalue weighted by molar-refractivity contribution is 5.91. The van der Waals surface area contributed by atoms with Crippen molar-refractivity contribution in [1.29, 1.82) is 0 Å². The Morgan fingerprint density at radius 1 is 1.29 bits per heavy atom. The summed E-state index contributed by atoms with van der Waals surface area (Å²) >= 11 is 0. The minimum absolute atomic E-state index is 0.262. The molecule has 28 heavy (non-hydrogen) atoms. The SMILES string of the molecule is O=C(NCCc1coc(-c2ccc(F)cc2)n1)c1cn(C2CCNCC2)nn1. The minimum Gasteiger partial charge on any atom is -0.444 e. The Kier molecular flexibility index (Phi) is 5.43. The van der Waals surface area contributed by atoms with Crippen molar-refractivity contribution in [2.75, 3.05) is 19.6 Å². The van der Waals surface area contributed by atoms with Gasteiger partial charge in [0.15, 0.2) is 5.69 Å². The van der Waals surface area contributed by atoms with Crippen molar-refractivity contribution < 1.29 is 13.6 Å². The molecule has 0 unspecified atom stereocenters. The molecule has 146 valence electrons. The van der Waals surface area contributed by atoms with E-state index in [0.29, 0.717) is 35.8 Å². The number of halogens is 1. The molecule has 0 bridgehead atoms. The molecular formula is C19H21FN6O2. The molecule has 2 aromatic heterocycles. The number of aromatic nitrogens is 4. The first-order valence-electron chi connectivity index (χ1n) is 9.30. The number of carbonyl (C=O) groups is 1. The summed E-state index contributed by atoms with van der Waals surface area (Å²) in [5.41, 5.74) is 1.72. The monoisotopic (exact) mass is 384 g/mol. The van der Waals surface area contributed by atoms with Gasteiger partial charge in [0.2, 0.25) is 5.89 Å². The third-order valence-corrected chi connectivity index (χ3v) is 4.74. The molecule has 1 amide bonds. The zero-order valence-electron chi connectivity index (χ0n) is 15.3. The van der Waals surface area contributed by atoms with Crippen LogP contribution in [0.4, 0.5) is 4.39 Å². The third kappa shape index (κ3) is 4.25. The number of nitrogens with zero attached hydrogens (tertiary/aromatic N) is 4. The Bertz CT molecular complexity index is 930. The number of piperidine rings is 1. The maximum Gasteiger partial charge on any atom is 0.273 e. The summed E-state index contributed by atoms with van der Waals surface area (Å²) in [5, 5.41) is 14.2. The van der Waals surface area contributed by atoms with Gasteiger partial charge in [0.05, 0.1) is 17.9 Å². The average molecular weight is 384 g/mol. The zero-order valence-corrected chi connectivity index (χ0v) is 15.3. The van der Waals surface area contributed by atoms with Crippen LogP contribution in [0.5, 0.6) is 0 Å². The number of carbonyl (C=O) groups excluding carboxylic acids is 1. The van der Waals surface area contributed by atoms with Gasteiger partial charge in [0, 0.05) is 18.5 Å². The number of benzene rings is 1. The van der Waals surface area contributed by atoms with E-state index in [2.05, 4.69) is 25.9 Å². The number of nitrogens with one attached hydrogen (secondary N) is 2. The third-order valence-electron chi connectivity index (χ3n) is 4.74. The molecule has 1 aliphatic rings. The molecule has 4 rings (SSSR count). The van der Waals surface area contributed by atoms with E-state index in [4.69, 9.17) is 4.42 Å². The van der Waals surface area contributed by atoms with E-state index < -0.39 is 0 Å². The summed E-state index contributed by atoms with van der Waals surface area (Å²) in [6.45, 7) is 2.29. The Morgan fingerprint density at radius 3 is 2.86 bits per heavy atom. The van der Waals surface area contributed by atoms with Gasteiger partial charge >= 0.3 is 0 Å². The van der Waals surface area contributed by atoms with Gasteiger partial charge in [0.1, 0.15) is 12.1 Å². The molecule has 3 aromatic rings. The van der Waals surface area contributed by atoms with Crippen LogP contribution in [0.2, 0.25) is 0 Å². The average Bonchev–Trinajstić information content (AvgIpc) is 3.39. The highest BCUT2D eigenvalue weighted by Gasteiger charge is 2.18. The summed E-state index contributed by atoms with van der Waals surface area (Å²) in [5.74, 6) is -0.149. The number of oxazole rings is 1. The summed E-state index contributed by atoms with van der Waals surface area (Å²) < 4.78 is 20.2. The van der Waals surface area contributed by atoms with Crippen LogP contribution in [0.15, 0.2) is 41.1 Å². The lowest BCUT2D eigenvalue weighted by atomic mass is 10.1. The Hall–Kier alpha value is -3.07. The second-order valence-electron chi connectivity index (χ2n) is 6.72. The smallest absolute Gasteiger partial charge is 0.273 e. The van der Waals surface area contributed by atoms with Crippen LogP contribution in [-0.2, 0) is 6.42 Å². The van der Waals surface area contributed by atoms with E-state index in [9.17, 15) is 9.18 Å². The number of rotatable bonds is 6. The van der Waals surface area contributed by atoms with E-state index in [1.807, 2.05) is 0 Å². The lowest BCUT2D eigenvalue weighted by Crippen LogP contribution is -2.29. The van der Waals surface area contributed by atoms with Gasteiger partial charge in [-0.15, -0.1) is 5.10 Å². The van der Waals surface area contributed by atoms with E-state index in [0.717, 1.165) is 25.9 Å². The molecule has 0 radical (unpaired) electrons. The molecule has 1 saturated heterocycles. The maximum absolute atomic E-state index is 13.0. The van der Waals surface area contributed by atoms with Gasteiger partial charge in [0.25, 0.3) is 5.91 Å². The number of hydrogen-bond acceptors (Lipinski definition) is 6. The lowest BCUT2D eigenvalue weighted by Gasteiger charge is -2.22. The second-order valence-corrected chi connectivity index (χ2v) is 6.72. The highest BCUT2D eigenvalue weighted by Crippen LogP contribution is 2.19. The molecule has 0 saturated carbocycles. The topological polar surface area (TPSA) is 97.9 Å².